The molecular weight excluding hydrogens is 344 g/mol. The minimum Gasteiger partial charge on any atom is -0.318 e. The minimum atomic E-state index is -0.425. The van der Waals surface area contributed by atoms with E-state index >= 15 is 0 Å². The van der Waals surface area contributed by atoms with Crippen molar-refractivity contribution in [2.24, 2.45) is 0 Å². The van der Waals surface area contributed by atoms with Crippen molar-refractivity contribution in [3.8, 4) is 11.3 Å². The van der Waals surface area contributed by atoms with Crippen molar-refractivity contribution in [2.75, 3.05) is 5.32 Å². The maximum atomic E-state index is 12.5. The summed E-state index contributed by atoms with van der Waals surface area (Å²) < 4.78 is 1.64. The van der Waals surface area contributed by atoms with Crippen LogP contribution in [0.4, 0.5) is 11.6 Å². The van der Waals surface area contributed by atoms with Gasteiger partial charge in [-0.1, -0.05) is 41.0 Å². The molecule has 1 aliphatic rings. The first kappa shape index (κ1) is 15.4. The molecule has 1 atom stereocenters. The number of hydrogen-bond donors (Lipinski definition) is 2. The van der Waals surface area contributed by atoms with Crippen molar-refractivity contribution in [1.82, 2.24) is 35.4 Å². The molecule has 0 saturated heterocycles. The number of benzene rings is 1. The van der Waals surface area contributed by atoms with Gasteiger partial charge in [0.1, 0.15) is 11.7 Å². The Bertz CT molecular complexity index is 1180. The van der Waals surface area contributed by atoms with E-state index < -0.39 is 6.04 Å². The quantitative estimate of drug-likeness (QED) is 0.495. The number of rotatable bonds is 2. The molecule has 2 N–H and O–H groups in total. The number of aryl methyl sites for hydroxylation is 1. The number of pyridine rings is 1. The van der Waals surface area contributed by atoms with E-state index in [1.807, 2.05) is 43.3 Å². The summed E-state index contributed by atoms with van der Waals surface area (Å²) >= 11 is 0. The number of nitrogens with zero attached hydrogens (tertiary/aromatic N) is 6. The van der Waals surface area contributed by atoms with Crippen LogP contribution in [-0.2, 0) is 0 Å². The molecule has 0 radical (unpaired) electrons. The average molecular weight is 358 g/mol. The molecule has 0 fully saturated rings. The van der Waals surface area contributed by atoms with Gasteiger partial charge in [0, 0.05) is 23.5 Å². The van der Waals surface area contributed by atoms with Gasteiger partial charge in [0.2, 0.25) is 5.95 Å². The molecule has 9 heteroatoms. The molecule has 3 aromatic heterocycles. The van der Waals surface area contributed by atoms with Crippen LogP contribution in [0.25, 0.3) is 11.3 Å². The molecule has 0 spiro atoms. The van der Waals surface area contributed by atoms with Gasteiger partial charge in [-0.15, -0.1) is 0 Å². The van der Waals surface area contributed by atoms with E-state index in [1.54, 1.807) is 17.1 Å². The molecule has 132 valence electrons. The Balaban J connectivity index is 1.82. The highest BCUT2D eigenvalue weighted by molar-refractivity contribution is 5.75. The molecule has 0 saturated carbocycles. The molecule has 0 aliphatic carbocycles. The summed E-state index contributed by atoms with van der Waals surface area (Å²) in [5.74, 6) is 0.392. The zero-order chi connectivity index (χ0) is 18.4. The Hall–Kier alpha value is -3.88. The first-order valence-corrected chi connectivity index (χ1v) is 8.37. The number of aromatic amines is 1. The van der Waals surface area contributed by atoms with Gasteiger partial charge in [-0.25, -0.2) is 5.10 Å². The van der Waals surface area contributed by atoms with Crippen molar-refractivity contribution >= 4 is 11.6 Å². The van der Waals surface area contributed by atoms with Crippen molar-refractivity contribution < 1.29 is 0 Å². The second kappa shape index (κ2) is 5.84. The molecule has 5 rings (SSSR count). The SMILES string of the molecule is Cc1ccc(-c2n[nH]c(=O)c3c2[C@H](c2cccnc2)n2nnnc2N3)cc1. The summed E-state index contributed by atoms with van der Waals surface area (Å²) in [6.07, 6.45) is 3.44. The van der Waals surface area contributed by atoms with Crippen LogP contribution in [0.3, 0.4) is 0 Å². The third-order valence-corrected chi connectivity index (χ3v) is 4.59. The predicted octanol–water partition coefficient (Wildman–Crippen LogP) is 1.82. The highest BCUT2D eigenvalue weighted by Crippen LogP contribution is 2.40. The van der Waals surface area contributed by atoms with E-state index in [0.717, 1.165) is 16.7 Å². The highest BCUT2D eigenvalue weighted by atomic mass is 16.1. The maximum Gasteiger partial charge on any atom is 0.288 e. The molecule has 0 unspecified atom stereocenters. The zero-order valence-electron chi connectivity index (χ0n) is 14.3. The smallest absolute Gasteiger partial charge is 0.288 e. The molecule has 1 aromatic carbocycles. The van der Waals surface area contributed by atoms with Crippen LogP contribution >= 0.6 is 0 Å². The number of anilines is 2. The summed E-state index contributed by atoms with van der Waals surface area (Å²) in [6, 6.07) is 11.3. The topological polar surface area (TPSA) is 114 Å². The van der Waals surface area contributed by atoms with Crippen LogP contribution in [0.1, 0.15) is 22.7 Å². The predicted molar refractivity (Wildman–Crippen MR) is 97.6 cm³/mol. The van der Waals surface area contributed by atoms with E-state index in [1.165, 1.54) is 0 Å². The Morgan fingerprint density at radius 3 is 2.78 bits per heavy atom. The molecule has 4 heterocycles. The molecule has 0 amide bonds. The monoisotopic (exact) mass is 358 g/mol. The third-order valence-electron chi connectivity index (χ3n) is 4.59. The van der Waals surface area contributed by atoms with Crippen LogP contribution in [0.15, 0.2) is 53.6 Å². The largest absolute Gasteiger partial charge is 0.318 e. The van der Waals surface area contributed by atoms with Crippen molar-refractivity contribution in [2.45, 2.75) is 13.0 Å². The number of aromatic nitrogens is 7. The average Bonchev–Trinajstić information content (AvgIpc) is 3.17. The highest BCUT2D eigenvalue weighted by Gasteiger charge is 2.34. The fourth-order valence-corrected chi connectivity index (χ4v) is 3.31. The lowest BCUT2D eigenvalue weighted by molar-refractivity contribution is 0.566. The van der Waals surface area contributed by atoms with E-state index in [0.29, 0.717) is 22.9 Å². The van der Waals surface area contributed by atoms with E-state index in [2.05, 4.69) is 36.0 Å². The normalized spacial score (nSPS) is 14.9. The number of hydrogen-bond acceptors (Lipinski definition) is 7. The van der Waals surface area contributed by atoms with E-state index in [-0.39, 0.29) is 5.56 Å². The fraction of sp³-hybridized carbons (Fsp3) is 0.111. The first-order chi connectivity index (χ1) is 13.2. The summed E-state index contributed by atoms with van der Waals surface area (Å²) in [4.78, 5) is 16.8. The molecule has 27 heavy (non-hydrogen) atoms. The van der Waals surface area contributed by atoms with Crippen molar-refractivity contribution in [3.05, 3.63) is 75.8 Å². The van der Waals surface area contributed by atoms with Gasteiger partial charge in [-0.05, 0) is 29.0 Å². The number of fused-ring (bicyclic) bond motifs is 2. The zero-order valence-corrected chi connectivity index (χ0v) is 14.3. The Morgan fingerprint density at radius 1 is 1.15 bits per heavy atom. The van der Waals surface area contributed by atoms with Crippen LogP contribution in [-0.4, -0.2) is 35.4 Å². The minimum absolute atomic E-state index is 0.330. The molecule has 1 aliphatic heterocycles. The van der Waals surface area contributed by atoms with Gasteiger partial charge in [0.05, 0.1) is 5.69 Å². The Morgan fingerprint density at radius 2 is 2.00 bits per heavy atom. The lowest BCUT2D eigenvalue weighted by atomic mass is 9.93. The van der Waals surface area contributed by atoms with Gasteiger partial charge >= 0.3 is 0 Å². The molecule has 9 nitrogen and oxygen atoms in total. The summed E-state index contributed by atoms with van der Waals surface area (Å²) in [7, 11) is 0. The van der Waals surface area contributed by atoms with Crippen LogP contribution in [0.2, 0.25) is 0 Å². The van der Waals surface area contributed by atoms with Crippen LogP contribution in [0.5, 0.6) is 0 Å². The maximum absolute atomic E-state index is 12.5. The van der Waals surface area contributed by atoms with Gasteiger partial charge in [0.15, 0.2) is 0 Å². The second-order valence-corrected chi connectivity index (χ2v) is 6.32. The van der Waals surface area contributed by atoms with Gasteiger partial charge < -0.3 is 5.32 Å². The Kier molecular flexibility index (Phi) is 3.32. The third kappa shape index (κ3) is 2.40. The van der Waals surface area contributed by atoms with Crippen LogP contribution < -0.4 is 10.9 Å². The van der Waals surface area contributed by atoms with E-state index in [4.69, 9.17) is 0 Å². The second-order valence-electron chi connectivity index (χ2n) is 6.32. The summed E-state index contributed by atoms with van der Waals surface area (Å²) in [6.45, 7) is 2.02. The standard InChI is InChI=1S/C18H14N8O/c1-10-4-6-11(7-5-10)14-13-15(17(27)22-21-14)20-18-23-24-25-26(18)16(13)12-3-2-8-19-9-12/h2-9,16H,1H3,(H,22,27)(H,20,23,25)/t16-/m0/s1. The molecular formula is C18H14N8O. The number of tetrazole rings is 1. The van der Waals surface area contributed by atoms with Crippen molar-refractivity contribution in [3.63, 3.8) is 0 Å². The number of nitrogens with one attached hydrogen (secondary N) is 2. The van der Waals surface area contributed by atoms with E-state index in [9.17, 15) is 4.79 Å². The molecule has 4 aromatic rings. The summed E-state index contributed by atoms with van der Waals surface area (Å²) in [5, 5.41) is 21.8. The lowest BCUT2D eigenvalue weighted by Crippen LogP contribution is -2.29. The molecule has 0 bridgehead atoms. The summed E-state index contributed by atoms with van der Waals surface area (Å²) in [5.41, 5.74) is 4.31. The number of H-pyrrole nitrogens is 1. The van der Waals surface area contributed by atoms with Gasteiger partial charge in [0.25, 0.3) is 5.56 Å². The fourth-order valence-electron chi connectivity index (χ4n) is 3.31. The van der Waals surface area contributed by atoms with Gasteiger partial charge in [-0.2, -0.15) is 9.78 Å². The van der Waals surface area contributed by atoms with Crippen LogP contribution in [0, 0.1) is 6.92 Å². The van der Waals surface area contributed by atoms with Crippen molar-refractivity contribution in [1.29, 1.82) is 0 Å². The lowest BCUT2D eigenvalue weighted by Gasteiger charge is -2.27. The first-order valence-electron chi connectivity index (χ1n) is 8.37. The van der Waals surface area contributed by atoms with Gasteiger partial charge in [-0.3, -0.25) is 9.78 Å². The Labute approximate surface area is 153 Å².